The highest BCUT2D eigenvalue weighted by molar-refractivity contribution is 5.19. The molecular formula is C12H19NO3. The first-order valence-electron chi connectivity index (χ1n) is 5.77. The number of furan rings is 1. The van der Waals surface area contributed by atoms with Gasteiger partial charge in [-0.1, -0.05) is 0 Å². The number of nitrogens with two attached hydrogens (primary N) is 1. The molecule has 2 rings (SSSR count). The van der Waals surface area contributed by atoms with Crippen LogP contribution in [0.3, 0.4) is 0 Å². The normalized spacial score (nSPS) is 20.5. The minimum atomic E-state index is 0.279. The van der Waals surface area contributed by atoms with E-state index in [1.165, 1.54) is 0 Å². The van der Waals surface area contributed by atoms with Crippen LogP contribution in [0, 0.1) is 6.92 Å². The minimum Gasteiger partial charge on any atom is -0.465 e. The van der Waals surface area contributed by atoms with Crippen molar-refractivity contribution in [3.8, 4) is 0 Å². The number of aryl methyl sites for hydroxylation is 1. The molecule has 1 aliphatic rings. The molecule has 0 aliphatic carbocycles. The molecule has 0 saturated carbocycles. The topological polar surface area (TPSA) is 57.6 Å². The first-order valence-corrected chi connectivity index (χ1v) is 5.77. The van der Waals surface area contributed by atoms with Crippen molar-refractivity contribution < 1.29 is 13.9 Å². The van der Waals surface area contributed by atoms with Crippen LogP contribution in [0.5, 0.6) is 0 Å². The van der Waals surface area contributed by atoms with Crippen molar-refractivity contribution in [2.45, 2.75) is 39.0 Å². The summed E-state index contributed by atoms with van der Waals surface area (Å²) in [7, 11) is 0. The van der Waals surface area contributed by atoms with Gasteiger partial charge in [0.1, 0.15) is 11.5 Å². The predicted molar refractivity (Wildman–Crippen MR) is 60.0 cm³/mol. The van der Waals surface area contributed by atoms with Gasteiger partial charge in [-0.15, -0.1) is 0 Å². The SMILES string of the molecule is Cc1oc(CN)cc1COCC1CCCO1. The largest absolute Gasteiger partial charge is 0.465 e. The fourth-order valence-corrected chi connectivity index (χ4v) is 1.91. The average Bonchev–Trinajstić information content (AvgIpc) is 2.89. The standard InChI is InChI=1S/C12H19NO3/c1-9-10(5-12(6-13)16-9)7-14-8-11-3-2-4-15-11/h5,11H,2-4,6-8,13H2,1H3. The Morgan fingerprint density at radius 2 is 2.44 bits per heavy atom. The third kappa shape index (κ3) is 2.84. The third-order valence-corrected chi connectivity index (χ3v) is 2.86. The van der Waals surface area contributed by atoms with Gasteiger partial charge in [-0.25, -0.2) is 0 Å². The van der Waals surface area contributed by atoms with E-state index in [1.807, 2.05) is 13.0 Å². The van der Waals surface area contributed by atoms with Crippen molar-refractivity contribution in [1.82, 2.24) is 0 Å². The van der Waals surface area contributed by atoms with Gasteiger partial charge in [-0.2, -0.15) is 0 Å². The van der Waals surface area contributed by atoms with Gasteiger partial charge in [0, 0.05) is 12.2 Å². The van der Waals surface area contributed by atoms with Crippen molar-refractivity contribution in [2.75, 3.05) is 13.2 Å². The zero-order valence-corrected chi connectivity index (χ0v) is 9.70. The fourth-order valence-electron chi connectivity index (χ4n) is 1.91. The van der Waals surface area contributed by atoms with E-state index in [0.717, 1.165) is 36.5 Å². The summed E-state index contributed by atoms with van der Waals surface area (Å²) in [5, 5.41) is 0. The molecule has 1 aliphatic heterocycles. The zero-order chi connectivity index (χ0) is 11.4. The van der Waals surface area contributed by atoms with E-state index in [9.17, 15) is 0 Å². The first kappa shape index (κ1) is 11.6. The maximum Gasteiger partial charge on any atom is 0.118 e. The molecule has 4 heteroatoms. The number of hydrogen-bond acceptors (Lipinski definition) is 4. The lowest BCUT2D eigenvalue weighted by Crippen LogP contribution is -2.13. The van der Waals surface area contributed by atoms with Gasteiger partial charge < -0.3 is 19.6 Å². The van der Waals surface area contributed by atoms with Crippen LogP contribution in [-0.2, 0) is 22.6 Å². The molecule has 0 spiro atoms. The third-order valence-electron chi connectivity index (χ3n) is 2.86. The molecule has 16 heavy (non-hydrogen) atoms. The Morgan fingerprint density at radius 1 is 1.56 bits per heavy atom. The molecule has 0 amide bonds. The van der Waals surface area contributed by atoms with E-state index in [2.05, 4.69) is 0 Å². The van der Waals surface area contributed by atoms with Crippen LogP contribution in [0.15, 0.2) is 10.5 Å². The molecule has 2 N–H and O–H groups in total. The van der Waals surface area contributed by atoms with Crippen molar-refractivity contribution in [3.05, 3.63) is 23.2 Å². The molecular weight excluding hydrogens is 206 g/mol. The van der Waals surface area contributed by atoms with Crippen LogP contribution in [0.25, 0.3) is 0 Å². The first-order chi connectivity index (χ1) is 7.79. The van der Waals surface area contributed by atoms with Gasteiger partial charge in [-0.3, -0.25) is 0 Å². The van der Waals surface area contributed by atoms with E-state index in [4.69, 9.17) is 19.6 Å². The minimum absolute atomic E-state index is 0.279. The van der Waals surface area contributed by atoms with E-state index in [1.54, 1.807) is 0 Å². The van der Waals surface area contributed by atoms with Gasteiger partial charge in [-0.05, 0) is 25.8 Å². The quantitative estimate of drug-likeness (QED) is 0.829. The molecule has 0 radical (unpaired) electrons. The Kier molecular flexibility index (Phi) is 3.98. The second-order valence-electron chi connectivity index (χ2n) is 4.15. The summed E-state index contributed by atoms with van der Waals surface area (Å²) < 4.78 is 16.5. The summed E-state index contributed by atoms with van der Waals surface area (Å²) in [6.45, 7) is 4.49. The lowest BCUT2D eigenvalue weighted by Gasteiger charge is -2.09. The van der Waals surface area contributed by atoms with Crippen molar-refractivity contribution in [1.29, 1.82) is 0 Å². The Morgan fingerprint density at radius 3 is 3.06 bits per heavy atom. The highest BCUT2D eigenvalue weighted by Gasteiger charge is 2.15. The number of hydrogen-bond donors (Lipinski definition) is 1. The van der Waals surface area contributed by atoms with Crippen LogP contribution in [0.1, 0.15) is 29.9 Å². The summed E-state index contributed by atoms with van der Waals surface area (Å²) >= 11 is 0. The van der Waals surface area contributed by atoms with E-state index < -0.39 is 0 Å². The average molecular weight is 225 g/mol. The van der Waals surface area contributed by atoms with E-state index >= 15 is 0 Å². The van der Waals surface area contributed by atoms with Crippen molar-refractivity contribution in [3.63, 3.8) is 0 Å². The molecule has 90 valence electrons. The van der Waals surface area contributed by atoms with Crippen LogP contribution < -0.4 is 5.73 Å². The van der Waals surface area contributed by atoms with E-state index in [0.29, 0.717) is 19.8 Å². The maximum absolute atomic E-state index is 5.62. The fraction of sp³-hybridized carbons (Fsp3) is 0.667. The van der Waals surface area contributed by atoms with Crippen LogP contribution in [-0.4, -0.2) is 19.3 Å². The number of rotatable bonds is 5. The molecule has 1 saturated heterocycles. The summed E-state index contributed by atoms with van der Waals surface area (Å²) in [6, 6.07) is 1.96. The highest BCUT2D eigenvalue weighted by atomic mass is 16.5. The second-order valence-corrected chi connectivity index (χ2v) is 4.15. The Bertz CT molecular complexity index is 329. The molecule has 1 fully saturated rings. The smallest absolute Gasteiger partial charge is 0.118 e. The Balaban J connectivity index is 1.77. The summed E-state index contributed by atoms with van der Waals surface area (Å²) in [5.74, 6) is 1.71. The zero-order valence-electron chi connectivity index (χ0n) is 9.70. The predicted octanol–water partition coefficient (Wildman–Crippen LogP) is 1.74. The summed E-state index contributed by atoms with van der Waals surface area (Å²) in [4.78, 5) is 0. The molecule has 1 aromatic rings. The monoisotopic (exact) mass is 225 g/mol. The maximum atomic E-state index is 5.62. The van der Waals surface area contributed by atoms with Gasteiger partial charge in [0.15, 0.2) is 0 Å². The molecule has 4 nitrogen and oxygen atoms in total. The lowest BCUT2D eigenvalue weighted by atomic mass is 10.2. The highest BCUT2D eigenvalue weighted by Crippen LogP contribution is 2.17. The lowest BCUT2D eigenvalue weighted by molar-refractivity contribution is 0.0103. The Labute approximate surface area is 95.7 Å². The van der Waals surface area contributed by atoms with E-state index in [-0.39, 0.29) is 6.10 Å². The Hall–Kier alpha value is -0.840. The summed E-state index contributed by atoms with van der Waals surface area (Å²) in [5.41, 5.74) is 6.59. The molecule has 0 bridgehead atoms. The van der Waals surface area contributed by atoms with Crippen molar-refractivity contribution >= 4 is 0 Å². The number of ether oxygens (including phenoxy) is 2. The van der Waals surface area contributed by atoms with Gasteiger partial charge in [0.2, 0.25) is 0 Å². The van der Waals surface area contributed by atoms with Gasteiger partial charge in [0.05, 0.1) is 25.9 Å². The second kappa shape index (κ2) is 5.48. The molecule has 2 heterocycles. The summed E-state index contributed by atoms with van der Waals surface area (Å²) in [6.07, 6.45) is 2.54. The van der Waals surface area contributed by atoms with Gasteiger partial charge in [0.25, 0.3) is 0 Å². The van der Waals surface area contributed by atoms with Crippen molar-refractivity contribution in [2.24, 2.45) is 5.73 Å². The van der Waals surface area contributed by atoms with Crippen LogP contribution >= 0.6 is 0 Å². The molecule has 1 aromatic heterocycles. The van der Waals surface area contributed by atoms with Crippen LogP contribution in [0.4, 0.5) is 0 Å². The van der Waals surface area contributed by atoms with Gasteiger partial charge >= 0.3 is 0 Å². The molecule has 0 aromatic carbocycles. The molecule has 1 atom stereocenters. The molecule has 1 unspecified atom stereocenters. The van der Waals surface area contributed by atoms with Crippen LogP contribution in [0.2, 0.25) is 0 Å².